The van der Waals surface area contributed by atoms with E-state index < -0.39 is 22.4 Å². The lowest BCUT2D eigenvalue weighted by Crippen LogP contribution is -2.11. The number of rotatable bonds is 2. The van der Waals surface area contributed by atoms with Gasteiger partial charge in [0, 0.05) is 11.4 Å². The molecule has 16 heavy (non-hydrogen) atoms. The monoisotopic (exact) mass is 297 g/mol. The minimum absolute atomic E-state index is 0.210. The SMILES string of the molecule is Cc1cc([N+](=O)[O-])c(CBr)c(C(F)(F)F)c1. The molecule has 0 aliphatic heterocycles. The smallest absolute Gasteiger partial charge is 0.258 e. The van der Waals surface area contributed by atoms with E-state index >= 15 is 0 Å². The van der Waals surface area contributed by atoms with Crippen LogP contribution in [0, 0.1) is 17.0 Å². The number of halogens is 4. The van der Waals surface area contributed by atoms with Crippen molar-refractivity contribution < 1.29 is 18.1 Å². The van der Waals surface area contributed by atoms with Crippen LogP contribution in [0.25, 0.3) is 0 Å². The molecule has 0 amide bonds. The quantitative estimate of drug-likeness (QED) is 0.473. The van der Waals surface area contributed by atoms with Crippen molar-refractivity contribution in [2.24, 2.45) is 0 Å². The number of nitro benzene ring substituents is 1. The molecule has 88 valence electrons. The Morgan fingerprint density at radius 2 is 2.00 bits per heavy atom. The predicted octanol–water partition coefficient (Wildman–Crippen LogP) is 3.82. The van der Waals surface area contributed by atoms with E-state index in [4.69, 9.17) is 0 Å². The molecule has 0 unspecified atom stereocenters. The topological polar surface area (TPSA) is 43.1 Å². The molecule has 0 spiro atoms. The largest absolute Gasteiger partial charge is 0.416 e. The van der Waals surface area contributed by atoms with Crippen LogP contribution in [0.2, 0.25) is 0 Å². The molecule has 0 N–H and O–H groups in total. The Hall–Kier alpha value is -1.11. The molecule has 3 nitrogen and oxygen atoms in total. The molecule has 1 rings (SSSR count). The molecular weight excluding hydrogens is 291 g/mol. The van der Waals surface area contributed by atoms with E-state index in [-0.39, 0.29) is 16.5 Å². The summed E-state index contributed by atoms with van der Waals surface area (Å²) >= 11 is 2.84. The van der Waals surface area contributed by atoms with E-state index in [0.717, 1.165) is 12.1 Å². The molecule has 1 aromatic carbocycles. The molecule has 0 bridgehead atoms. The van der Waals surface area contributed by atoms with E-state index in [9.17, 15) is 23.3 Å². The normalized spacial score (nSPS) is 11.6. The number of nitrogens with zero attached hydrogens (tertiary/aromatic N) is 1. The lowest BCUT2D eigenvalue weighted by molar-refractivity contribution is -0.385. The molecule has 0 aromatic heterocycles. The van der Waals surface area contributed by atoms with Gasteiger partial charge in [0.15, 0.2) is 0 Å². The molecule has 0 fully saturated rings. The van der Waals surface area contributed by atoms with Gasteiger partial charge in [-0.05, 0) is 18.6 Å². The number of benzene rings is 1. The Balaban J connectivity index is 3.55. The van der Waals surface area contributed by atoms with E-state index in [1.165, 1.54) is 6.92 Å². The first-order valence-corrected chi connectivity index (χ1v) is 5.30. The second-order valence-electron chi connectivity index (χ2n) is 3.20. The first-order valence-electron chi connectivity index (χ1n) is 4.18. The Kier molecular flexibility index (Phi) is 3.57. The second-order valence-corrected chi connectivity index (χ2v) is 3.76. The van der Waals surface area contributed by atoms with Crippen molar-refractivity contribution in [2.75, 3.05) is 0 Å². The van der Waals surface area contributed by atoms with E-state index in [1.54, 1.807) is 0 Å². The van der Waals surface area contributed by atoms with Gasteiger partial charge in [0.25, 0.3) is 5.69 Å². The van der Waals surface area contributed by atoms with Gasteiger partial charge in [0.05, 0.1) is 16.1 Å². The highest BCUT2D eigenvalue weighted by atomic mass is 79.9. The van der Waals surface area contributed by atoms with E-state index in [0.29, 0.717) is 0 Å². The lowest BCUT2D eigenvalue weighted by Gasteiger charge is -2.12. The van der Waals surface area contributed by atoms with E-state index in [1.807, 2.05) is 0 Å². The van der Waals surface area contributed by atoms with Gasteiger partial charge in [0.1, 0.15) is 0 Å². The predicted molar refractivity (Wildman–Crippen MR) is 55.5 cm³/mol. The molecule has 0 heterocycles. The van der Waals surface area contributed by atoms with Gasteiger partial charge < -0.3 is 0 Å². The third kappa shape index (κ3) is 2.52. The van der Waals surface area contributed by atoms with Crippen molar-refractivity contribution >= 4 is 21.6 Å². The molecule has 0 saturated carbocycles. The summed E-state index contributed by atoms with van der Waals surface area (Å²) in [5.74, 6) is 0. The number of aryl methyl sites for hydroxylation is 1. The first kappa shape index (κ1) is 13.0. The summed E-state index contributed by atoms with van der Waals surface area (Å²) in [5.41, 5.74) is -1.60. The Labute approximate surface area is 97.5 Å². The van der Waals surface area contributed by atoms with Gasteiger partial charge in [-0.1, -0.05) is 15.9 Å². The first-order chi connectivity index (χ1) is 7.27. The molecular formula is C9H7BrF3NO2. The summed E-state index contributed by atoms with van der Waals surface area (Å²) in [5, 5.41) is 10.4. The average molecular weight is 298 g/mol. The van der Waals surface area contributed by atoms with Gasteiger partial charge in [-0.3, -0.25) is 10.1 Å². The van der Waals surface area contributed by atoms with Gasteiger partial charge in [0.2, 0.25) is 0 Å². The third-order valence-corrected chi connectivity index (χ3v) is 2.57. The number of alkyl halides is 4. The summed E-state index contributed by atoms with van der Waals surface area (Å²) in [6.07, 6.45) is -4.58. The van der Waals surface area contributed by atoms with Gasteiger partial charge in [-0.2, -0.15) is 13.2 Å². The van der Waals surface area contributed by atoms with Gasteiger partial charge >= 0.3 is 6.18 Å². The zero-order valence-electron chi connectivity index (χ0n) is 8.14. The highest BCUT2D eigenvalue weighted by Crippen LogP contribution is 2.37. The van der Waals surface area contributed by atoms with Crippen LogP contribution in [0.4, 0.5) is 18.9 Å². The molecule has 0 aliphatic carbocycles. The van der Waals surface area contributed by atoms with Crippen molar-refractivity contribution in [2.45, 2.75) is 18.4 Å². The summed E-state index contributed by atoms with van der Waals surface area (Å²) < 4.78 is 37.8. The molecule has 7 heteroatoms. The molecule has 1 aromatic rings. The zero-order chi connectivity index (χ0) is 12.5. The fourth-order valence-corrected chi connectivity index (χ4v) is 1.94. The summed E-state index contributed by atoms with van der Waals surface area (Å²) in [6.45, 7) is 1.39. The minimum atomic E-state index is -4.58. The fraction of sp³-hybridized carbons (Fsp3) is 0.333. The van der Waals surface area contributed by atoms with Gasteiger partial charge in [-0.15, -0.1) is 0 Å². The minimum Gasteiger partial charge on any atom is -0.258 e. The summed E-state index contributed by atoms with van der Waals surface area (Å²) in [6, 6.07) is 2.04. The Morgan fingerprint density at radius 3 is 2.38 bits per heavy atom. The highest BCUT2D eigenvalue weighted by Gasteiger charge is 2.36. The van der Waals surface area contributed by atoms with Crippen molar-refractivity contribution in [3.63, 3.8) is 0 Å². The van der Waals surface area contributed by atoms with E-state index in [2.05, 4.69) is 15.9 Å². The lowest BCUT2D eigenvalue weighted by atomic mass is 10.0. The van der Waals surface area contributed by atoms with Crippen molar-refractivity contribution in [1.82, 2.24) is 0 Å². The van der Waals surface area contributed by atoms with Gasteiger partial charge in [-0.25, -0.2) is 0 Å². The molecule has 0 saturated heterocycles. The molecule has 0 aliphatic rings. The van der Waals surface area contributed by atoms with Crippen LogP contribution in [0.3, 0.4) is 0 Å². The number of hydrogen-bond acceptors (Lipinski definition) is 2. The summed E-state index contributed by atoms with van der Waals surface area (Å²) in [7, 11) is 0. The fourth-order valence-electron chi connectivity index (χ4n) is 1.35. The molecule has 0 radical (unpaired) electrons. The van der Waals surface area contributed by atoms with Crippen molar-refractivity contribution in [3.8, 4) is 0 Å². The second kappa shape index (κ2) is 4.40. The van der Waals surface area contributed by atoms with Crippen LogP contribution in [-0.2, 0) is 11.5 Å². The van der Waals surface area contributed by atoms with Crippen LogP contribution in [-0.4, -0.2) is 4.92 Å². The maximum atomic E-state index is 12.6. The van der Waals surface area contributed by atoms with Crippen LogP contribution in [0.1, 0.15) is 16.7 Å². The summed E-state index contributed by atoms with van der Waals surface area (Å²) in [4.78, 5) is 9.82. The molecule has 0 atom stereocenters. The maximum Gasteiger partial charge on any atom is 0.416 e. The maximum absolute atomic E-state index is 12.6. The highest BCUT2D eigenvalue weighted by molar-refractivity contribution is 9.08. The average Bonchev–Trinajstić information content (AvgIpc) is 2.14. The van der Waals surface area contributed by atoms with Crippen LogP contribution in [0.5, 0.6) is 0 Å². The third-order valence-electron chi connectivity index (χ3n) is 2.01. The van der Waals surface area contributed by atoms with Crippen LogP contribution < -0.4 is 0 Å². The zero-order valence-corrected chi connectivity index (χ0v) is 9.72. The van der Waals surface area contributed by atoms with Crippen molar-refractivity contribution in [3.05, 3.63) is 38.9 Å². The number of hydrogen-bond donors (Lipinski definition) is 0. The number of nitro groups is 1. The Morgan fingerprint density at radius 1 is 1.44 bits per heavy atom. The Bertz CT molecular complexity index is 431. The standard InChI is InChI=1S/C9H7BrF3NO2/c1-5-2-7(9(11,12)13)6(4-10)8(3-5)14(15)16/h2-3H,4H2,1H3. The van der Waals surface area contributed by atoms with Crippen LogP contribution in [0.15, 0.2) is 12.1 Å². The van der Waals surface area contributed by atoms with Crippen molar-refractivity contribution in [1.29, 1.82) is 0 Å². The van der Waals surface area contributed by atoms with Crippen LogP contribution >= 0.6 is 15.9 Å².